The monoisotopic (exact) mass is 556 g/mol. The Labute approximate surface area is 230 Å². The van der Waals surface area contributed by atoms with Gasteiger partial charge in [-0.05, 0) is 78.3 Å². The maximum Gasteiger partial charge on any atom is 0.416 e. The van der Waals surface area contributed by atoms with E-state index in [1.54, 1.807) is 24.3 Å². The second-order valence-corrected chi connectivity index (χ2v) is 9.75. The molecule has 4 rings (SSSR count). The minimum absolute atomic E-state index is 0.290. The minimum atomic E-state index is -4.38. The van der Waals surface area contributed by atoms with Gasteiger partial charge in [-0.15, -0.1) is 0 Å². The quantitative estimate of drug-likeness (QED) is 0.330. The summed E-state index contributed by atoms with van der Waals surface area (Å²) in [5, 5.41) is 11.9. The van der Waals surface area contributed by atoms with Crippen LogP contribution >= 0.6 is 0 Å². The summed E-state index contributed by atoms with van der Waals surface area (Å²) in [5.41, 5.74) is 7.02. The molecular formula is C30H31F3N2O5. The number of hydrogen-bond donors (Lipinski definition) is 3. The third-order valence-electron chi connectivity index (χ3n) is 6.90. The fraction of sp³-hybridized carbons (Fsp3) is 0.333. The molecular weight excluding hydrogens is 525 g/mol. The Kier molecular flexibility index (Phi) is 9.44. The zero-order valence-corrected chi connectivity index (χ0v) is 21.7. The Balaban J connectivity index is 1.48. The van der Waals surface area contributed by atoms with E-state index in [0.717, 1.165) is 42.5 Å². The molecule has 0 aliphatic carbocycles. The standard InChI is InChI=1S/C30H31F3N2O5/c31-30(32,33)24-9-5-21(6-10-24)20-1-3-22(4-2-20)27(17-19-13-15-39-16-14-19)40-25-11-7-23(8-12-25)29(38)35-18-26(36)28(34)37/h1-12,19,26-27,36H,13-18H2,(H2,34,37)(H,35,38)/t26-,27-/m0/s1. The molecule has 0 aromatic heterocycles. The molecule has 40 heavy (non-hydrogen) atoms. The molecule has 4 N–H and O–H groups in total. The van der Waals surface area contributed by atoms with Gasteiger partial charge in [0, 0.05) is 18.8 Å². The van der Waals surface area contributed by atoms with Crippen LogP contribution in [0.3, 0.4) is 0 Å². The molecule has 0 spiro atoms. The number of aliphatic hydroxyl groups is 1. The zero-order chi connectivity index (χ0) is 28.7. The first-order chi connectivity index (χ1) is 19.1. The molecule has 3 aromatic carbocycles. The summed E-state index contributed by atoms with van der Waals surface area (Å²) < 4.78 is 50.6. The van der Waals surface area contributed by atoms with Crippen molar-refractivity contribution in [3.63, 3.8) is 0 Å². The Morgan fingerprint density at radius 3 is 2.08 bits per heavy atom. The summed E-state index contributed by atoms with van der Waals surface area (Å²) in [4.78, 5) is 23.3. The molecule has 1 aliphatic heterocycles. The lowest BCUT2D eigenvalue weighted by atomic mass is 9.90. The van der Waals surface area contributed by atoms with Gasteiger partial charge >= 0.3 is 6.18 Å². The molecule has 0 bridgehead atoms. The molecule has 0 radical (unpaired) electrons. The molecule has 2 atom stereocenters. The lowest BCUT2D eigenvalue weighted by Crippen LogP contribution is -2.39. The summed E-state index contributed by atoms with van der Waals surface area (Å²) in [6.45, 7) is 1.10. The number of amides is 2. The Morgan fingerprint density at radius 1 is 0.950 bits per heavy atom. The van der Waals surface area contributed by atoms with Crippen molar-refractivity contribution in [3.05, 3.63) is 89.5 Å². The Hall–Kier alpha value is -3.89. The van der Waals surface area contributed by atoms with E-state index in [0.29, 0.717) is 36.0 Å². The van der Waals surface area contributed by atoms with Gasteiger partial charge in [-0.2, -0.15) is 13.2 Å². The van der Waals surface area contributed by atoms with E-state index >= 15 is 0 Å². The van der Waals surface area contributed by atoms with Gasteiger partial charge in [0.1, 0.15) is 18.0 Å². The smallest absolute Gasteiger partial charge is 0.416 e. The van der Waals surface area contributed by atoms with E-state index in [1.807, 2.05) is 24.3 Å². The maximum atomic E-state index is 12.9. The highest BCUT2D eigenvalue weighted by Gasteiger charge is 2.30. The van der Waals surface area contributed by atoms with Crippen LogP contribution in [-0.4, -0.2) is 42.8 Å². The van der Waals surface area contributed by atoms with Crippen LogP contribution in [0, 0.1) is 5.92 Å². The highest BCUT2D eigenvalue weighted by molar-refractivity contribution is 5.94. The fourth-order valence-corrected chi connectivity index (χ4v) is 4.52. The largest absolute Gasteiger partial charge is 0.486 e. The number of benzene rings is 3. The van der Waals surface area contributed by atoms with E-state index in [2.05, 4.69) is 5.32 Å². The van der Waals surface area contributed by atoms with Crippen molar-refractivity contribution >= 4 is 11.8 Å². The van der Waals surface area contributed by atoms with Crippen molar-refractivity contribution in [1.29, 1.82) is 0 Å². The second kappa shape index (κ2) is 13.0. The maximum absolute atomic E-state index is 12.9. The molecule has 1 heterocycles. The predicted octanol–water partition coefficient (Wildman–Crippen LogP) is 4.89. The summed E-state index contributed by atoms with van der Waals surface area (Å²) in [6.07, 6.45) is -3.57. The lowest BCUT2D eigenvalue weighted by Gasteiger charge is -2.27. The molecule has 7 nitrogen and oxygen atoms in total. The van der Waals surface area contributed by atoms with E-state index in [-0.39, 0.29) is 12.6 Å². The minimum Gasteiger partial charge on any atom is -0.486 e. The number of alkyl halides is 3. The number of nitrogens with one attached hydrogen (secondary N) is 1. The van der Waals surface area contributed by atoms with E-state index in [4.69, 9.17) is 15.2 Å². The molecule has 2 amide bonds. The van der Waals surface area contributed by atoms with Crippen LogP contribution in [0.5, 0.6) is 5.75 Å². The molecule has 212 valence electrons. The third-order valence-corrected chi connectivity index (χ3v) is 6.90. The second-order valence-electron chi connectivity index (χ2n) is 9.75. The Bertz CT molecular complexity index is 1270. The van der Waals surface area contributed by atoms with Crippen LogP contribution in [0.1, 0.15) is 46.9 Å². The number of carbonyl (C=O) groups is 2. The van der Waals surface area contributed by atoms with Crippen molar-refractivity contribution in [1.82, 2.24) is 5.32 Å². The number of ether oxygens (including phenoxy) is 2. The molecule has 0 unspecified atom stereocenters. The van der Waals surface area contributed by atoms with Crippen LogP contribution in [0.2, 0.25) is 0 Å². The van der Waals surface area contributed by atoms with Gasteiger partial charge in [-0.25, -0.2) is 0 Å². The third kappa shape index (κ3) is 7.83. The van der Waals surface area contributed by atoms with E-state index < -0.39 is 29.7 Å². The predicted molar refractivity (Wildman–Crippen MR) is 142 cm³/mol. The molecule has 1 aliphatic rings. The van der Waals surface area contributed by atoms with Crippen molar-refractivity contribution in [2.24, 2.45) is 11.7 Å². The SMILES string of the molecule is NC(=O)[C@@H](O)CNC(=O)c1ccc(O[C@@H](CC2CCOCC2)c2ccc(-c3ccc(C(F)(F)F)cc3)cc2)cc1. The number of hydrogen-bond acceptors (Lipinski definition) is 5. The molecule has 1 saturated heterocycles. The normalized spacial score (nSPS) is 15.7. The van der Waals surface area contributed by atoms with E-state index in [1.165, 1.54) is 12.1 Å². The number of nitrogens with two attached hydrogens (primary N) is 1. The van der Waals surface area contributed by atoms with Gasteiger partial charge in [0.2, 0.25) is 5.91 Å². The fourth-order valence-electron chi connectivity index (χ4n) is 4.52. The number of halogens is 3. The summed E-state index contributed by atoms with van der Waals surface area (Å²) in [5.74, 6) is -0.441. The van der Waals surface area contributed by atoms with Crippen molar-refractivity contribution < 1.29 is 37.3 Å². The van der Waals surface area contributed by atoms with Crippen molar-refractivity contribution in [2.45, 2.75) is 37.6 Å². The topological polar surface area (TPSA) is 111 Å². The van der Waals surface area contributed by atoms with Crippen LogP contribution in [0.25, 0.3) is 11.1 Å². The number of carbonyl (C=O) groups excluding carboxylic acids is 2. The van der Waals surface area contributed by atoms with Crippen LogP contribution in [0.4, 0.5) is 13.2 Å². The first-order valence-corrected chi connectivity index (χ1v) is 13.0. The first-order valence-electron chi connectivity index (χ1n) is 13.0. The molecule has 10 heteroatoms. The van der Waals surface area contributed by atoms with Gasteiger partial charge in [-0.1, -0.05) is 36.4 Å². The van der Waals surface area contributed by atoms with Crippen LogP contribution < -0.4 is 15.8 Å². The number of aliphatic hydroxyl groups excluding tert-OH is 1. The summed E-state index contributed by atoms with van der Waals surface area (Å²) in [6, 6.07) is 19.2. The molecule has 3 aromatic rings. The lowest BCUT2D eigenvalue weighted by molar-refractivity contribution is -0.137. The summed E-state index contributed by atoms with van der Waals surface area (Å²) in [7, 11) is 0. The van der Waals surface area contributed by atoms with Crippen LogP contribution in [0.15, 0.2) is 72.8 Å². The molecule has 0 saturated carbocycles. The number of rotatable bonds is 10. The van der Waals surface area contributed by atoms with Gasteiger partial charge in [0.05, 0.1) is 12.1 Å². The zero-order valence-electron chi connectivity index (χ0n) is 21.7. The van der Waals surface area contributed by atoms with Crippen molar-refractivity contribution in [3.8, 4) is 16.9 Å². The van der Waals surface area contributed by atoms with Gasteiger partial charge < -0.3 is 25.6 Å². The van der Waals surface area contributed by atoms with Gasteiger partial charge in [0.25, 0.3) is 5.91 Å². The van der Waals surface area contributed by atoms with E-state index in [9.17, 15) is 27.9 Å². The highest BCUT2D eigenvalue weighted by atomic mass is 19.4. The average Bonchev–Trinajstić information content (AvgIpc) is 2.96. The summed E-state index contributed by atoms with van der Waals surface area (Å²) >= 11 is 0. The average molecular weight is 557 g/mol. The first kappa shape index (κ1) is 29.1. The Morgan fingerprint density at radius 2 is 1.52 bits per heavy atom. The van der Waals surface area contributed by atoms with Crippen molar-refractivity contribution in [2.75, 3.05) is 19.8 Å². The van der Waals surface area contributed by atoms with Gasteiger partial charge in [0.15, 0.2) is 0 Å². The highest BCUT2D eigenvalue weighted by Crippen LogP contribution is 2.34. The number of primary amides is 1. The van der Waals surface area contributed by atoms with Gasteiger partial charge in [-0.3, -0.25) is 9.59 Å². The molecule has 1 fully saturated rings. The van der Waals surface area contributed by atoms with Crippen LogP contribution in [-0.2, 0) is 15.7 Å².